The summed E-state index contributed by atoms with van der Waals surface area (Å²) < 4.78 is 13.8. The predicted octanol–water partition coefficient (Wildman–Crippen LogP) is 4.16. The summed E-state index contributed by atoms with van der Waals surface area (Å²) in [5.41, 5.74) is 10.4. The van der Waals surface area contributed by atoms with Crippen LogP contribution in [0.4, 0.5) is 21.7 Å². The highest BCUT2D eigenvalue weighted by molar-refractivity contribution is 6.31. The monoisotopic (exact) mass is 392 g/mol. The Morgan fingerprint density at radius 1 is 1.07 bits per heavy atom. The number of benzene rings is 1. The molecule has 138 valence electrons. The first-order valence-corrected chi connectivity index (χ1v) is 9.07. The molecule has 4 heterocycles. The quantitative estimate of drug-likeness (QED) is 0.551. The smallest absolute Gasteiger partial charge is 0.163 e. The second-order valence-corrected chi connectivity index (χ2v) is 6.94. The van der Waals surface area contributed by atoms with Gasteiger partial charge in [-0.1, -0.05) is 11.6 Å². The average Bonchev–Trinajstić information content (AvgIpc) is 3.10. The molecule has 0 radical (unpaired) electrons. The Bertz CT molecular complexity index is 1210. The van der Waals surface area contributed by atoms with Crippen LogP contribution in [0.2, 0.25) is 5.02 Å². The summed E-state index contributed by atoms with van der Waals surface area (Å²) in [6.07, 6.45) is 3.89. The van der Waals surface area contributed by atoms with Crippen molar-refractivity contribution in [2.24, 2.45) is 0 Å². The van der Waals surface area contributed by atoms with Gasteiger partial charge in [0.15, 0.2) is 5.82 Å². The lowest BCUT2D eigenvalue weighted by atomic mass is 10.1. The van der Waals surface area contributed by atoms with E-state index >= 15 is 0 Å². The summed E-state index contributed by atoms with van der Waals surface area (Å²) in [5.74, 6) is 0.703. The first kappa shape index (κ1) is 16.8. The molecule has 1 aliphatic heterocycles. The molecule has 0 bridgehead atoms. The van der Waals surface area contributed by atoms with E-state index in [0.29, 0.717) is 30.1 Å². The molecular formula is C20H14ClFN6. The molecule has 0 saturated heterocycles. The number of nitrogen functional groups attached to an aromatic ring is 1. The summed E-state index contributed by atoms with van der Waals surface area (Å²) in [5, 5.41) is 0.0885. The Balaban J connectivity index is 1.66. The Morgan fingerprint density at radius 2 is 1.96 bits per heavy atom. The first-order chi connectivity index (χ1) is 13.6. The van der Waals surface area contributed by atoms with Crippen molar-refractivity contribution >= 4 is 40.0 Å². The van der Waals surface area contributed by atoms with E-state index in [2.05, 4.69) is 15.0 Å². The van der Waals surface area contributed by atoms with Crippen molar-refractivity contribution in [2.45, 2.75) is 6.42 Å². The predicted molar refractivity (Wildman–Crippen MR) is 107 cm³/mol. The number of pyridine rings is 2. The van der Waals surface area contributed by atoms with Gasteiger partial charge >= 0.3 is 0 Å². The zero-order valence-electron chi connectivity index (χ0n) is 14.6. The van der Waals surface area contributed by atoms with Gasteiger partial charge in [0.05, 0.1) is 16.2 Å². The van der Waals surface area contributed by atoms with Crippen LogP contribution in [0.1, 0.15) is 5.56 Å². The zero-order valence-corrected chi connectivity index (χ0v) is 15.4. The Hall–Kier alpha value is -3.32. The maximum atomic E-state index is 13.8. The molecule has 8 heteroatoms. The molecule has 3 aromatic heterocycles. The van der Waals surface area contributed by atoms with Gasteiger partial charge in [0, 0.05) is 24.0 Å². The zero-order chi connectivity index (χ0) is 19.3. The van der Waals surface area contributed by atoms with E-state index in [9.17, 15) is 4.39 Å². The molecule has 0 amide bonds. The van der Waals surface area contributed by atoms with Gasteiger partial charge in [0.1, 0.15) is 23.5 Å². The van der Waals surface area contributed by atoms with E-state index < -0.39 is 5.82 Å². The number of fused-ring (bicyclic) bond motifs is 2. The highest BCUT2D eigenvalue weighted by Gasteiger charge is 2.25. The van der Waals surface area contributed by atoms with Gasteiger partial charge in [0.25, 0.3) is 0 Å². The van der Waals surface area contributed by atoms with Gasteiger partial charge in [-0.15, -0.1) is 0 Å². The molecule has 6 nitrogen and oxygen atoms in total. The lowest BCUT2D eigenvalue weighted by Crippen LogP contribution is -2.16. The van der Waals surface area contributed by atoms with Crippen molar-refractivity contribution in [1.29, 1.82) is 0 Å². The highest BCUT2D eigenvalue weighted by Crippen LogP contribution is 2.38. The van der Waals surface area contributed by atoms with E-state index in [0.717, 1.165) is 28.0 Å². The summed E-state index contributed by atoms with van der Waals surface area (Å²) >= 11 is 6.01. The highest BCUT2D eigenvalue weighted by atomic mass is 35.5. The molecule has 0 saturated carbocycles. The van der Waals surface area contributed by atoms with Gasteiger partial charge in [-0.3, -0.25) is 0 Å². The van der Waals surface area contributed by atoms with E-state index in [-0.39, 0.29) is 5.02 Å². The maximum Gasteiger partial charge on any atom is 0.163 e. The summed E-state index contributed by atoms with van der Waals surface area (Å²) in [7, 11) is 0. The maximum absolute atomic E-state index is 13.8. The molecule has 28 heavy (non-hydrogen) atoms. The SMILES string of the molecule is Nc1ccc(-c2ccc3ncnc(N4CCc5cc(F)c(Cl)cc54)c3n2)cn1. The summed E-state index contributed by atoms with van der Waals surface area (Å²) in [6, 6.07) is 10.5. The number of nitrogens with zero attached hydrogens (tertiary/aromatic N) is 5. The third kappa shape index (κ3) is 2.71. The van der Waals surface area contributed by atoms with Gasteiger partial charge in [-0.05, 0) is 48.4 Å². The van der Waals surface area contributed by atoms with Crippen LogP contribution in [0, 0.1) is 5.82 Å². The van der Waals surface area contributed by atoms with Gasteiger partial charge in [0.2, 0.25) is 0 Å². The van der Waals surface area contributed by atoms with Crippen LogP contribution < -0.4 is 10.6 Å². The minimum atomic E-state index is -0.411. The van der Waals surface area contributed by atoms with Crippen molar-refractivity contribution < 1.29 is 4.39 Å². The number of aromatic nitrogens is 4. The second-order valence-electron chi connectivity index (χ2n) is 6.53. The lowest BCUT2D eigenvalue weighted by molar-refractivity contribution is 0.627. The van der Waals surface area contributed by atoms with E-state index in [1.54, 1.807) is 18.3 Å². The summed E-state index contributed by atoms with van der Waals surface area (Å²) in [6.45, 7) is 0.663. The number of hydrogen-bond donors (Lipinski definition) is 1. The number of hydrogen-bond acceptors (Lipinski definition) is 6. The van der Waals surface area contributed by atoms with Crippen molar-refractivity contribution in [3.63, 3.8) is 0 Å². The van der Waals surface area contributed by atoms with Crippen molar-refractivity contribution in [3.8, 4) is 11.3 Å². The first-order valence-electron chi connectivity index (χ1n) is 8.69. The fourth-order valence-electron chi connectivity index (χ4n) is 3.44. The molecule has 0 spiro atoms. The normalized spacial score (nSPS) is 13.1. The molecule has 0 unspecified atom stereocenters. The van der Waals surface area contributed by atoms with Gasteiger partial charge in [-0.2, -0.15) is 0 Å². The Kier molecular flexibility index (Phi) is 3.84. The van der Waals surface area contributed by atoms with Crippen LogP contribution in [0.25, 0.3) is 22.3 Å². The molecule has 1 aromatic carbocycles. The fourth-order valence-corrected chi connectivity index (χ4v) is 3.60. The van der Waals surface area contributed by atoms with Crippen LogP contribution in [-0.2, 0) is 6.42 Å². The third-order valence-corrected chi connectivity index (χ3v) is 5.11. The molecule has 4 aromatic rings. The van der Waals surface area contributed by atoms with Gasteiger partial charge < -0.3 is 10.6 Å². The average molecular weight is 393 g/mol. The molecule has 2 N–H and O–H groups in total. The molecule has 5 rings (SSSR count). The van der Waals surface area contributed by atoms with Crippen LogP contribution in [-0.4, -0.2) is 26.5 Å². The standard InChI is InChI=1S/C20H14ClFN6/c21-13-8-17-11(7-14(13)22)5-6-28(17)20-19-16(25-10-26-20)3-2-15(27-19)12-1-4-18(23)24-9-12/h1-4,7-10H,5-6H2,(H2,23,24). The third-order valence-electron chi connectivity index (χ3n) is 4.82. The minimum absolute atomic E-state index is 0.0885. The number of anilines is 3. The van der Waals surface area contributed by atoms with E-state index in [1.165, 1.54) is 12.4 Å². The van der Waals surface area contributed by atoms with Crippen molar-refractivity contribution in [3.05, 3.63) is 65.3 Å². The van der Waals surface area contributed by atoms with Crippen LogP contribution in [0.3, 0.4) is 0 Å². The molecule has 0 fully saturated rings. The Labute approximate surface area is 164 Å². The van der Waals surface area contributed by atoms with Crippen LogP contribution in [0.5, 0.6) is 0 Å². The minimum Gasteiger partial charge on any atom is -0.384 e. The largest absolute Gasteiger partial charge is 0.384 e. The number of rotatable bonds is 2. The van der Waals surface area contributed by atoms with Crippen molar-refractivity contribution in [2.75, 3.05) is 17.2 Å². The molecular weight excluding hydrogens is 379 g/mol. The number of halogens is 2. The van der Waals surface area contributed by atoms with Crippen LogP contribution in [0.15, 0.2) is 48.9 Å². The van der Waals surface area contributed by atoms with Crippen LogP contribution >= 0.6 is 11.6 Å². The van der Waals surface area contributed by atoms with E-state index in [1.807, 2.05) is 23.1 Å². The van der Waals surface area contributed by atoms with Crippen molar-refractivity contribution in [1.82, 2.24) is 19.9 Å². The summed E-state index contributed by atoms with van der Waals surface area (Å²) in [4.78, 5) is 19.7. The second kappa shape index (κ2) is 6.38. The van der Waals surface area contributed by atoms with Gasteiger partial charge in [-0.25, -0.2) is 24.3 Å². The fraction of sp³-hybridized carbons (Fsp3) is 0.100. The van der Waals surface area contributed by atoms with E-state index in [4.69, 9.17) is 22.3 Å². The Morgan fingerprint density at radius 3 is 2.79 bits per heavy atom. The number of nitrogens with two attached hydrogens (primary N) is 1. The molecule has 0 atom stereocenters. The topological polar surface area (TPSA) is 80.8 Å². The molecule has 0 aliphatic carbocycles. The molecule has 1 aliphatic rings. The lowest BCUT2D eigenvalue weighted by Gasteiger charge is -2.19.